The van der Waals surface area contributed by atoms with Gasteiger partial charge in [0.2, 0.25) is 0 Å². The molecule has 2 fully saturated rings. The summed E-state index contributed by atoms with van der Waals surface area (Å²) < 4.78 is 5.55. The van der Waals surface area contributed by atoms with Crippen molar-refractivity contribution in [1.82, 2.24) is 4.90 Å². The summed E-state index contributed by atoms with van der Waals surface area (Å²) in [5.74, 6) is 2.29. The van der Waals surface area contributed by atoms with E-state index in [9.17, 15) is 5.11 Å². The monoisotopic (exact) mass is 337 g/mol. The molecular weight excluding hydrogens is 310 g/mol. The van der Waals surface area contributed by atoms with E-state index >= 15 is 0 Å². The second kappa shape index (κ2) is 5.91. The molecule has 1 aromatic heterocycles. The molecule has 1 aliphatic heterocycles. The normalized spacial score (nSPS) is 31.4. The highest BCUT2D eigenvalue weighted by molar-refractivity contribution is 5.45. The van der Waals surface area contributed by atoms with Crippen molar-refractivity contribution < 1.29 is 9.52 Å². The van der Waals surface area contributed by atoms with Crippen LogP contribution in [-0.4, -0.2) is 29.1 Å². The van der Waals surface area contributed by atoms with Crippen LogP contribution in [0, 0.1) is 5.92 Å². The summed E-state index contributed by atoms with van der Waals surface area (Å²) in [7, 11) is 0. The second-order valence-electron chi connectivity index (χ2n) is 8.24. The van der Waals surface area contributed by atoms with Crippen LogP contribution in [0.3, 0.4) is 0 Å². The summed E-state index contributed by atoms with van der Waals surface area (Å²) in [6.07, 6.45) is 10.5. The number of nitrogens with zero attached hydrogens (tertiary/aromatic N) is 1. The quantitative estimate of drug-likeness (QED) is 0.908. The predicted molar refractivity (Wildman–Crippen MR) is 97.8 cm³/mol. The van der Waals surface area contributed by atoms with Gasteiger partial charge >= 0.3 is 0 Å². The predicted octanol–water partition coefficient (Wildman–Crippen LogP) is 4.29. The lowest BCUT2D eigenvalue weighted by Gasteiger charge is -2.59. The fraction of sp³-hybridized carbons (Fsp3) is 0.545. The number of likely N-dealkylation sites (tertiary alicyclic amines) is 1. The van der Waals surface area contributed by atoms with Gasteiger partial charge in [0.05, 0.1) is 6.26 Å². The maximum Gasteiger partial charge on any atom is 0.115 e. The first-order valence-corrected chi connectivity index (χ1v) is 9.85. The van der Waals surface area contributed by atoms with Gasteiger partial charge < -0.3 is 9.52 Å². The minimum absolute atomic E-state index is 0.316. The first kappa shape index (κ1) is 15.5. The molecule has 3 atom stereocenters. The molecule has 3 nitrogen and oxygen atoms in total. The molecule has 3 aliphatic rings. The molecule has 132 valence electrons. The van der Waals surface area contributed by atoms with E-state index in [0.717, 1.165) is 31.1 Å². The largest absolute Gasteiger partial charge is 0.508 e. The number of piperidine rings is 1. The van der Waals surface area contributed by atoms with Crippen LogP contribution in [0.1, 0.15) is 49.0 Å². The highest BCUT2D eigenvalue weighted by Crippen LogP contribution is 2.56. The third-order valence-electron chi connectivity index (χ3n) is 7.16. The zero-order chi connectivity index (χ0) is 16.9. The molecule has 0 radical (unpaired) electrons. The number of phenolic OH excluding ortho intramolecular Hbond substituents is 1. The lowest BCUT2D eigenvalue weighted by atomic mass is 9.52. The molecule has 2 heterocycles. The average Bonchev–Trinajstić information content (AvgIpc) is 3.15. The number of phenols is 1. The number of fused-ring (bicyclic) bond motifs is 1. The molecular formula is C22H27NO2. The Morgan fingerprint density at radius 3 is 3.04 bits per heavy atom. The van der Waals surface area contributed by atoms with Crippen LogP contribution >= 0.6 is 0 Å². The van der Waals surface area contributed by atoms with E-state index in [2.05, 4.69) is 23.1 Å². The van der Waals surface area contributed by atoms with Crippen molar-refractivity contribution in [2.75, 3.05) is 13.1 Å². The molecule has 1 saturated carbocycles. The minimum Gasteiger partial charge on any atom is -0.508 e. The Kier molecular flexibility index (Phi) is 3.67. The number of rotatable bonds is 3. The lowest BCUT2D eigenvalue weighted by Crippen LogP contribution is -2.61. The number of benzene rings is 1. The van der Waals surface area contributed by atoms with Gasteiger partial charge in [0.15, 0.2) is 0 Å². The van der Waals surface area contributed by atoms with Crippen molar-refractivity contribution in [3.05, 3.63) is 53.5 Å². The standard InChI is InChI=1S/C22H27NO2/c24-17-7-6-16-14-21-19-5-1-2-9-22(19,20(16)15-17)10-12-23(21)11-8-18-4-3-13-25-18/h3-4,6-7,13,15,19,21,24H,1-2,5,8-12,14H2/t19-,21-,22-/m1/s1. The number of aromatic hydroxyl groups is 1. The fourth-order valence-corrected chi connectivity index (χ4v) is 6.06. The van der Waals surface area contributed by atoms with Gasteiger partial charge in [-0.1, -0.05) is 18.9 Å². The molecule has 1 N–H and O–H groups in total. The van der Waals surface area contributed by atoms with Crippen molar-refractivity contribution in [2.24, 2.45) is 5.92 Å². The van der Waals surface area contributed by atoms with Gasteiger partial charge in [0, 0.05) is 24.4 Å². The Morgan fingerprint density at radius 2 is 2.16 bits per heavy atom. The molecule has 0 unspecified atom stereocenters. The van der Waals surface area contributed by atoms with Gasteiger partial charge in [-0.05, 0) is 73.5 Å². The lowest BCUT2D eigenvalue weighted by molar-refractivity contribution is -0.0112. The number of hydrogen-bond acceptors (Lipinski definition) is 3. The zero-order valence-corrected chi connectivity index (χ0v) is 14.8. The van der Waals surface area contributed by atoms with Crippen LogP contribution < -0.4 is 0 Å². The van der Waals surface area contributed by atoms with E-state index in [1.54, 1.807) is 6.26 Å². The van der Waals surface area contributed by atoms with E-state index in [1.165, 1.54) is 49.8 Å². The smallest absolute Gasteiger partial charge is 0.115 e. The van der Waals surface area contributed by atoms with Crippen molar-refractivity contribution >= 4 is 0 Å². The van der Waals surface area contributed by atoms with Gasteiger partial charge in [-0.3, -0.25) is 4.90 Å². The van der Waals surface area contributed by atoms with E-state index in [0.29, 0.717) is 17.2 Å². The van der Waals surface area contributed by atoms with Crippen LogP contribution in [-0.2, 0) is 18.3 Å². The summed E-state index contributed by atoms with van der Waals surface area (Å²) in [5, 5.41) is 10.1. The molecule has 2 bridgehead atoms. The topological polar surface area (TPSA) is 36.6 Å². The second-order valence-corrected chi connectivity index (χ2v) is 8.24. The highest BCUT2D eigenvalue weighted by Gasteiger charge is 2.53. The summed E-state index contributed by atoms with van der Waals surface area (Å²) in [6.45, 7) is 2.27. The molecule has 5 rings (SSSR count). The third kappa shape index (κ3) is 2.43. The highest BCUT2D eigenvalue weighted by atomic mass is 16.3. The van der Waals surface area contributed by atoms with Crippen LogP contribution in [0.2, 0.25) is 0 Å². The Morgan fingerprint density at radius 1 is 1.20 bits per heavy atom. The summed E-state index contributed by atoms with van der Waals surface area (Å²) in [5.41, 5.74) is 3.26. The minimum atomic E-state index is 0.316. The van der Waals surface area contributed by atoms with Crippen molar-refractivity contribution in [3.63, 3.8) is 0 Å². The molecule has 1 aromatic carbocycles. The van der Waals surface area contributed by atoms with Gasteiger partial charge in [0.25, 0.3) is 0 Å². The zero-order valence-electron chi connectivity index (χ0n) is 14.8. The number of furan rings is 1. The van der Waals surface area contributed by atoms with Crippen LogP contribution in [0.25, 0.3) is 0 Å². The molecule has 3 heteroatoms. The van der Waals surface area contributed by atoms with Crippen LogP contribution in [0.4, 0.5) is 0 Å². The summed E-state index contributed by atoms with van der Waals surface area (Å²) >= 11 is 0. The first-order valence-electron chi connectivity index (χ1n) is 9.85. The van der Waals surface area contributed by atoms with Crippen LogP contribution in [0.5, 0.6) is 5.75 Å². The maximum atomic E-state index is 10.1. The Balaban J connectivity index is 1.47. The number of hydrogen-bond donors (Lipinski definition) is 1. The Labute approximate surface area is 149 Å². The Bertz CT molecular complexity index is 753. The first-order chi connectivity index (χ1) is 12.3. The molecule has 0 amide bonds. The van der Waals surface area contributed by atoms with Gasteiger partial charge in [-0.2, -0.15) is 0 Å². The van der Waals surface area contributed by atoms with Gasteiger partial charge in [-0.15, -0.1) is 0 Å². The van der Waals surface area contributed by atoms with Crippen molar-refractivity contribution in [1.29, 1.82) is 0 Å². The summed E-state index contributed by atoms with van der Waals surface area (Å²) in [4.78, 5) is 2.73. The molecule has 1 saturated heterocycles. The summed E-state index contributed by atoms with van der Waals surface area (Å²) in [6, 6.07) is 10.9. The molecule has 2 aromatic rings. The van der Waals surface area contributed by atoms with Crippen LogP contribution in [0.15, 0.2) is 41.0 Å². The van der Waals surface area contributed by atoms with E-state index < -0.39 is 0 Å². The Hall–Kier alpha value is -1.74. The third-order valence-corrected chi connectivity index (χ3v) is 7.16. The SMILES string of the molecule is Oc1ccc2c(c1)[C@@]13CCCC[C@@H]1[C@@H](C2)N(CCc1ccco1)CC3. The van der Waals surface area contributed by atoms with E-state index in [4.69, 9.17) is 4.42 Å². The van der Waals surface area contributed by atoms with Gasteiger partial charge in [0.1, 0.15) is 11.5 Å². The average molecular weight is 337 g/mol. The molecule has 0 spiro atoms. The van der Waals surface area contributed by atoms with E-state index in [1.807, 2.05) is 12.1 Å². The van der Waals surface area contributed by atoms with Gasteiger partial charge in [-0.25, -0.2) is 0 Å². The fourth-order valence-electron chi connectivity index (χ4n) is 6.06. The van der Waals surface area contributed by atoms with Crippen molar-refractivity contribution in [3.8, 4) is 5.75 Å². The van der Waals surface area contributed by atoms with Crippen molar-refractivity contribution in [2.45, 2.75) is 56.4 Å². The molecule has 25 heavy (non-hydrogen) atoms. The maximum absolute atomic E-state index is 10.1. The van der Waals surface area contributed by atoms with E-state index in [-0.39, 0.29) is 0 Å². The molecule has 2 aliphatic carbocycles.